The number of amides is 1. The van der Waals surface area contributed by atoms with Crippen molar-refractivity contribution in [2.45, 2.75) is 38.6 Å². The summed E-state index contributed by atoms with van der Waals surface area (Å²) in [6.07, 6.45) is 4.05. The number of nitrogens with one attached hydrogen (secondary N) is 1. The van der Waals surface area contributed by atoms with Crippen LogP contribution in [0.25, 0.3) is 11.1 Å². The molecule has 0 bridgehead atoms. The van der Waals surface area contributed by atoms with Crippen molar-refractivity contribution >= 4 is 11.9 Å². The Hall–Kier alpha value is -4.34. The second-order valence-corrected chi connectivity index (χ2v) is 10.4. The number of benzene rings is 3. The van der Waals surface area contributed by atoms with Gasteiger partial charge in [-0.3, -0.25) is 9.59 Å². The van der Waals surface area contributed by atoms with Crippen LogP contribution in [0, 0.1) is 18.8 Å². The van der Waals surface area contributed by atoms with Crippen LogP contribution in [0.2, 0.25) is 0 Å². The minimum Gasteiger partial charge on any atom is -0.441 e. The number of hydrogen-bond donors (Lipinski definition) is 3. The summed E-state index contributed by atoms with van der Waals surface area (Å²) < 4.78 is 6.51. The van der Waals surface area contributed by atoms with Gasteiger partial charge in [0, 0.05) is 19.1 Å². The van der Waals surface area contributed by atoms with E-state index in [0.717, 1.165) is 22.3 Å². The Kier molecular flexibility index (Phi) is 10.00. The van der Waals surface area contributed by atoms with Gasteiger partial charge in [-0.25, -0.2) is 4.68 Å². The lowest BCUT2D eigenvalue weighted by molar-refractivity contribution is -0.149. The van der Waals surface area contributed by atoms with Gasteiger partial charge in [-0.2, -0.15) is 0 Å². The van der Waals surface area contributed by atoms with Crippen LogP contribution >= 0.6 is 0 Å². The zero-order valence-corrected chi connectivity index (χ0v) is 23.0. The summed E-state index contributed by atoms with van der Waals surface area (Å²) in [4.78, 5) is 25.4. The van der Waals surface area contributed by atoms with Gasteiger partial charge in [0.05, 0.1) is 6.20 Å². The molecule has 4 rings (SSSR count). The van der Waals surface area contributed by atoms with Crippen molar-refractivity contribution in [3.05, 3.63) is 121 Å². The molecule has 1 amide bonds. The average molecular weight is 554 g/mol. The molecule has 1 heterocycles. The van der Waals surface area contributed by atoms with Crippen LogP contribution in [-0.4, -0.2) is 50.7 Å². The highest BCUT2D eigenvalue weighted by Gasteiger charge is 2.26. The predicted octanol–water partition coefficient (Wildman–Crippen LogP) is 3.59. The first kappa shape index (κ1) is 29.6. The van der Waals surface area contributed by atoms with E-state index in [9.17, 15) is 14.7 Å². The fraction of sp³-hybridized carbons (Fsp3) is 0.250. The standard InChI is InChI=1S/C32H35N5O4/c1-32(2,21-38)19-27(17-24-13-15-26(16-14-24)25-11-7-4-8-12-25)34-30(39)29-20-37(36-35-29)22-41-31(40)28(33)18-23-9-5-3-6-10-23/h3-17,20,27-28,38H,1,18-19,21-22,33H2,2H3,(H,34,39)/t27-,28+,32?/m1/s1. The van der Waals surface area contributed by atoms with Gasteiger partial charge in [-0.1, -0.05) is 97.1 Å². The van der Waals surface area contributed by atoms with Crippen LogP contribution in [0.5, 0.6) is 0 Å². The SMILES string of the molecule is [CH2]C(C)(CO)C[C@@H]([CH]c1ccc(-c2ccccc2)cc1)NC(=O)c1cn(COC(=O)[C@@H](N)Cc2ccccc2)nn1. The van der Waals surface area contributed by atoms with E-state index in [0.29, 0.717) is 12.8 Å². The zero-order valence-electron chi connectivity index (χ0n) is 23.0. The van der Waals surface area contributed by atoms with E-state index in [1.54, 1.807) is 0 Å². The third-order valence-corrected chi connectivity index (χ3v) is 6.53. The van der Waals surface area contributed by atoms with Crippen LogP contribution in [0.4, 0.5) is 0 Å². The Morgan fingerprint density at radius 2 is 1.68 bits per heavy atom. The monoisotopic (exact) mass is 553 g/mol. The van der Waals surface area contributed by atoms with Crippen molar-refractivity contribution in [2.75, 3.05) is 6.61 Å². The average Bonchev–Trinajstić information content (AvgIpc) is 3.46. The summed E-state index contributed by atoms with van der Waals surface area (Å²) in [6.45, 7) is 5.53. The summed E-state index contributed by atoms with van der Waals surface area (Å²) in [6, 6.07) is 26.2. The van der Waals surface area contributed by atoms with E-state index >= 15 is 0 Å². The Bertz CT molecular complexity index is 1410. The number of hydrogen-bond acceptors (Lipinski definition) is 7. The van der Waals surface area contributed by atoms with Gasteiger partial charge in [0.2, 0.25) is 0 Å². The maximum Gasteiger partial charge on any atom is 0.325 e. The maximum atomic E-state index is 13.1. The van der Waals surface area contributed by atoms with Crippen molar-refractivity contribution < 1.29 is 19.4 Å². The Morgan fingerprint density at radius 3 is 2.34 bits per heavy atom. The van der Waals surface area contributed by atoms with Crippen molar-refractivity contribution in [1.29, 1.82) is 0 Å². The van der Waals surface area contributed by atoms with Gasteiger partial charge >= 0.3 is 5.97 Å². The summed E-state index contributed by atoms with van der Waals surface area (Å²) >= 11 is 0. The van der Waals surface area contributed by atoms with Crippen LogP contribution < -0.4 is 11.1 Å². The fourth-order valence-corrected chi connectivity index (χ4v) is 4.29. The smallest absolute Gasteiger partial charge is 0.325 e. The highest BCUT2D eigenvalue weighted by atomic mass is 16.5. The minimum atomic E-state index is -0.828. The molecular formula is C32H35N5O4. The molecule has 9 nitrogen and oxygen atoms in total. The molecule has 4 aromatic rings. The predicted molar refractivity (Wildman–Crippen MR) is 156 cm³/mol. The van der Waals surface area contributed by atoms with Crippen LogP contribution in [0.15, 0.2) is 91.1 Å². The van der Waals surface area contributed by atoms with Crippen molar-refractivity contribution in [3.8, 4) is 11.1 Å². The third kappa shape index (κ3) is 8.83. The van der Waals surface area contributed by atoms with E-state index in [4.69, 9.17) is 10.5 Å². The quantitative estimate of drug-likeness (QED) is 0.216. The molecule has 0 spiro atoms. The molecule has 0 saturated carbocycles. The zero-order chi connectivity index (χ0) is 29.2. The summed E-state index contributed by atoms with van der Waals surface area (Å²) in [7, 11) is 0. The normalized spacial score (nSPS) is 12.9. The lowest BCUT2D eigenvalue weighted by Crippen LogP contribution is -2.39. The molecule has 0 aliphatic rings. The third-order valence-electron chi connectivity index (χ3n) is 6.53. The number of ether oxygens (including phenoxy) is 1. The van der Waals surface area contributed by atoms with Crippen LogP contribution in [0.1, 0.15) is 35.0 Å². The van der Waals surface area contributed by atoms with Crippen molar-refractivity contribution in [2.24, 2.45) is 11.1 Å². The van der Waals surface area contributed by atoms with Gasteiger partial charge in [-0.15, -0.1) is 5.10 Å². The maximum absolute atomic E-state index is 13.1. The van der Waals surface area contributed by atoms with Gasteiger partial charge < -0.3 is 20.9 Å². The van der Waals surface area contributed by atoms with Crippen molar-refractivity contribution in [3.63, 3.8) is 0 Å². The number of carbonyl (C=O) groups excluding carboxylic acids is 2. The first-order valence-corrected chi connectivity index (χ1v) is 13.4. The number of aliphatic hydroxyl groups is 1. The van der Waals surface area contributed by atoms with Gasteiger partial charge in [0.25, 0.3) is 5.91 Å². The molecule has 1 aromatic heterocycles. The van der Waals surface area contributed by atoms with Crippen molar-refractivity contribution in [1.82, 2.24) is 20.3 Å². The summed E-state index contributed by atoms with van der Waals surface area (Å²) in [5.74, 6) is -1.04. The summed E-state index contributed by atoms with van der Waals surface area (Å²) in [5.41, 5.74) is 9.38. The molecule has 2 radical (unpaired) electrons. The van der Waals surface area contributed by atoms with E-state index in [2.05, 4.69) is 22.6 Å². The van der Waals surface area contributed by atoms with Gasteiger partial charge in [0.1, 0.15) is 6.04 Å². The molecule has 0 saturated heterocycles. The lowest BCUT2D eigenvalue weighted by atomic mass is 9.84. The summed E-state index contributed by atoms with van der Waals surface area (Å²) in [5, 5.41) is 20.6. The molecule has 3 atom stereocenters. The number of aromatic nitrogens is 3. The van der Waals surface area contributed by atoms with Gasteiger partial charge in [-0.05, 0) is 47.4 Å². The first-order chi connectivity index (χ1) is 19.7. The molecule has 0 aliphatic heterocycles. The molecule has 212 valence electrons. The van der Waals surface area contributed by atoms with E-state index in [-0.39, 0.29) is 19.0 Å². The van der Waals surface area contributed by atoms with E-state index < -0.39 is 29.4 Å². The highest BCUT2D eigenvalue weighted by molar-refractivity contribution is 5.92. The van der Waals surface area contributed by atoms with Gasteiger partial charge in [0.15, 0.2) is 12.4 Å². The Balaban J connectivity index is 1.35. The molecular weight excluding hydrogens is 518 g/mol. The van der Waals surface area contributed by atoms with Crippen LogP contribution in [-0.2, 0) is 22.7 Å². The molecule has 0 fully saturated rings. The first-order valence-electron chi connectivity index (χ1n) is 13.4. The van der Waals surface area contributed by atoms with Crippen LogP contribution in [0.3, 0.4) is 0 Å². The largest absolute Gasteiger partial charge is 0.441 e. The molecule has 4 N–H and O–H groups in total. The molecule has 1 unspecified atom stereocenters. The molecule has 3 aromatic carbocycles. The number of rotatable bonds is 13. The van der Waals surface area contributed by atoms with E-state index in [1.807, 2.05) is 98.3 Å². The lowest BCUT2D eigenvalue weighted by Gasteiger charge is -2.28. The Labute approximate surface area is 240 Å². The molecule has 41 heavy (non-hydrogen) atoms. The molecule has 0 aliphatic carbocycles. The Morgan fingerprint density at radius 1 is 1.05 bits per heavy atom. The topological polar surface area (TPSA) is 132 Å². The second-order valence-electron chi connectivity index (χ2n) is 10.4. The minimum absolute atomic E-state index is 0.0576. The number of carbonyl (C=O) groups is 2. The number of esters is 1. The second kappa shape index (κ2) is 13.8. The highest BCUT2D eigenvalue weighted by Crippen LogP contribution is 2.25. The fourth-order valence-electron chi connectivity index (χ4n) is 4.29. The number of nitrogens with zero attached hydrogens (tertiary/aromatic N) is 3. The molecule has 9 heteroatoms. The van der Waals surface area contributed by atoms with E-state index in [1.165, 1.54) is 10.9 Å². The number of aliphatic hydroxyl groups excluding tert-OH is 1. The number of nitrogens with two attached hydrogens (primary N) is 1.